The molecule has 0 saturated carbocycles. The number of nitrogens with zero attached hydrogens (tertiary/aromatic N) is 4. The number of aromatic nitrogens is 3. The SMILES string of the molecule is Cc1ccn2c(CN[C@H](C)Cc3ncccc3C)c(C(=O)N3CCCCCC3)nc2c1. The van der Waals surface area contributed by atoms with Crippen LogP contribution < -0.4 is 5.32 Å². The summed E-state index contributed by atoms with van der Waals surface area (Å²) in [7, 11) is 0. The Kier molecular flexibility index (Phi) is 6.66. The first-order valence-corrected chi connectivity index (χ1v) is 11.4. The van der Waals surface area contributed by atoms with E-state index in [1.165, 1.54) is 18.4 Å². The van der Waals surface area contributed by atoms with E-state index in [1.807, 2.05) is 29.4 Å². The summed E-state index contributed by atoms with van der Waals surface area (Å²) in [5.41, 5.74) is 5.82. The van der Waals surface area contributed by atoms with E-state index in [9.17, 15) is 4.79 Å². The highest BCUT2D eigenvalue weighted by Gasteiger charge is 2.25. The van der Waals surface area contributed by atoms with E-state index in [0.717, 1.165) is 55.0 Å². The van der Waals surface area contributed by atoms with E-state index in [4.69, 9.17) is 4.98 Å². The van der Waals surface area contributed by atoms with E-state index in [2.05, 4.69) is 47.6 Å². The number of hydrogen-bond donors (Lipinski definition) is 1. The van der Waals surface area contributed by atoms with Crippen LogP contribution in [0.1, 0.15) is 65.6 Å². The molecular formula is C25H33N5O. The number of imidazole rings is 1. The van der Waals surface area contributed by atoms with Gasteiger partial charge in [0.25, 0.3) is 5.91 Å². The average molecular weight is 420 g/mol. The van der Waals surface area contributed by atoms with Crippen LogP contribution in [0.3, 0.4) is 0 Å². The molecule has 0 aliphatic carbocycles. The third kappa shape index (κ3) is 4.96. The van der Waals surface area contributed by atoms with Gasteiger partial charge in [0.1, 0.15) is 5.65 Å². The summed E-state index contributed by atoms with van der Waals surface area (Å²) in [4.78, 5) is 24.7. The lowest BCUT2D eigenvalue weighted by Gasteiger charge is -2.20. The van der Waals surface area contributed by atoms with Gasteiger partial charge in [0, 0.05) is 50.2 Å². The standard InChI is InChI=1S/C25H33N5O/c1-18-10-14-30-22(17-27-20(3)16-21-19(2)9-8-11-26-21)24(28-23(30)15-18)25(31)29-12-6-4-5-7-13-29/h8-11,14-15,20,27H,4-7,12-13,16-17H2,1-3H3/t20-/m1/s1. The summed E-state index contributed by atoms with van der Waals surface area (Å²) in [6, 6.07) is 8.41. The molecule has 3 aromatic heterocycles. The van der Waals surface area contributed by atoms with Gasteiger partial charge < -0.3 is 14.6 Å². The fourth-order valence-corrected chi connectivity index (χ4v) is 4.33. The molecule has 0 spiro atoms. The fraction of sp³-hybridized carbons (Fsp3) is 0.480. The lowest BCUT2D eigenvalue weighted by atomic mass is 10.1. The Bertz CT molecular complexity index is 1050. The van der Waals surface area contributed by atoms with Crippen LogP contribution in [0.15, 0.2) is 36.7 Å². The Morgan fingerprint density at radius 2 is 1.94 bits per heavy atom. The van der Waals surface area contributed by atoms with Crippen molar-refractivity contribution in [2.75, 3.05) is 13.1 Å². The first-order chi connectivity index (χ1) is 15.0. The molecule has 1 amide bonds. The molecule has 164 valence electrons. The molecule has 1 atom stereocenters. The van der Waals surface area contributed by atoms with E-state index in [-0.39, 0.29) is 11.9 Å². The Labute approximate surface area is 184 Å². The van der Waals surface area contributed by atoms with Crippen molar-refractivity contribution in [2.24, 2.45) is 0 Å². The molecular weight excluding hydrogens is 386 g/mol. The normalized spacial score (nSPS) is 15.8. The zero-order chi connectivity index (χ0) is 21.8. The van der Waals surface area contributed by atoms with E-state index < -0.39 is 0 Å². The summed E-state index contributed by atoms with van der Waals surface area (Å²) in [6.07, 6.45) is 9.28. The Morgan fingerprint density at radius 1 is 1.16 bits per heavy atom. The summed E-state index contributed by atoms with van der Waals surface area (Å²) in [6.45, 7) is 8.56. The molecule has 3 aromatic rings. The van der Waals surface area contributed by atoms with Crippen LogP contribution in [0.2, 0.25) is 0 Å². The van der Waals surface area contributed by atoms with Gasteiger partial charge in [0.15, 0.2) is 5.69 Å². The number of carbonyl (C=O) groups is 1. The minimum Gasteiger partial charge on any atom is -0.337 e. The van der Waals surface area contributed by atoms with E-state index in [1.54, 1.807) is 0 Å². The number of pyridine rings is 2. The summed E-state index contributed by atoms with van der Waals surface area (Å²) in [5, 5.41) is 3.61. The topological polar surface area (TPSA) is 62.5 Å². The second kappa shape index (κ2) is 9.60. The zero-order valence-corrected chi connectivity index (χ0v) is 18.9. The number of hydrogen-bond acceptors (Lipinski definition) is 4. The number of likely N-dealkylation sites (tertiary alicyclic amines) is 1. The lowest BCUT2D eigenvalue weighted by Crippen LogP contribution is -2.34. The zero-order valence-electron chi connectivity index (χ0n) is 18.9. The molecule has 1 N–H and O–H groups in total. The van der Waals surface area contributed by atoms with Crippen molar-refractivity contribution in [1.29, 1.82) is 0 Å². The fourth-order valence-electron chi connectivity index (χ4n) is 4.33. The van der Waals surface area contributed by atoms with E-state index >= 15 is 0 Å². The van der Waals surface area contributed by atoms with Crippen LogP contribution in [-0.4, -0.2) is 44.3 Å². The van der Waals surface area contributed by atoms with Gasteiger partial charge in [0.2, 0.25) is 0 Å². The second-order valence-electron chi connectivity index (χ2n) is 8.80. The molecule has 0 radical (unpaired) electrons. The molecule has 0 bridgehead atoms. The van der Waals surface area contributed by atoms with Crippen LogP contribution in [0.25, 0.3) is 5.65 Å². The summed E-state index contributed by atoms with van der Waals surface area (Å²) < 4.78 is 2.06. The Morgan fingerprint density at radius 3 is 2.68 bits per heavy atom. The van der Waals surface area contributed by atoms with Gasteiger partial charge in [-0.2, -0.15) is 0 Å². The lowest BCUT2D eigenvalue weighted by molar-refractivity contribution is 0.0755. The minimum absolute atomic E-state index is 0.0632. The highest BCUT2D eigenvalue weighted by Crippen LogP contribution is 2.19. The molecule has 6 nitrogen and oxygen atoms in total. The van der Waals surface area contributed by atoms with Crippen molar-refractivity contribution in [3.8, 4) is 0 Å². The molecule has 6 heteroatoms. The molecule has 1 aliphatic heterocycles. The highest BCUT2D eigenvalue weighted by atomic mass is 16.2. The van der Waals surface area contributed by atoms with Crippen molar-refractivity contribution in [1.82, 2.24) is 24.6 Å². The third-order valence-corrected chi connectivity index (χ3v) is 6.21. The monoisotopic (exact) mass is 419 g/mol. The predicted molar refractivity (Wildman–Crippen MR) is 123 cm³/mol. The average Bonchev–Trinajstić information content (AvgIpc) is 2.91. The second-order valence-corrected chi connectivity index (χ2v) is 8.80. The van der Waals surface area contributed by atoms with Gasteiger partial charge in [0.05, 0.1) is 5.69 Å². The number of fused-ring (bicyclic) bond motifs is 1. The Hall–Kier alpha value is -2.73. The molecule has 1 fully saturated rings. The highest BCUT2D eigenvalue weighted by molar-refractivity contribution is 5.94. The van der Waals surface area contributed by atoms with Crippen molar-refractivity contribution in [2.45, 2.75) is 65.5 Å². The molecule has 0 unspecified atom stereocenters. The maximum Gasteiger partial charge on any atom is 0.274 e. The quantitative estimate of drug-likeness (QED) is 0.654. The van der Waals surface area contributed by atoms with E-state index in [0.29, 0.717) is 12.2 Å². The van der Waals surface area contributed by atoms with Crippen LogP contribution in [0, 0.1) is 13.8 Å². The largest absolute Gasteiger partial charge is 0.337 e. The van der Waals surface area contributed by atoms with Crippen molar-refractivity contribution >= 4 is 11.6 Å². The smallest absolute Gasteiger partial charge is 0.274 e. The third-order valence-electron chi connectivity index (χ3n) is 6.21. The van der Waals surface area contributed by atoms with Crippen molar-refractivity contribution < 1.29 is 4.79 Å². The van der Waals surface area contributed by atoms with Gasteiger partial charge in [-0.15, -0.1) is 0 Å². The molecule has 1 aliphatic rings. The van der Waals surface area contributed by atoms with Crippen LogP contribution in [-0.2, 0) is 13.0 Å². The molecule has 31 heavy (non-hydrogen) atoms. The summed E-state index contributed by atoms with van der Waals surface area (Å²) >= 11 is 0. The maximum atomic E-state index is 13.4. The molecule has 0 aromatic carbocycles. The molecule has 1 saturated heterocycles. The van der Waals surface area contributed by atoms with Gasteiger partial charge >= 0.3 is 0 Å². The molecule has 4 rings (SSSR count). The first-order valence-electron chi connectivity index (χ1n) is 11.4. The number of rotatable bonds is 6. The van der Waals surface area contributed by atoms with Crippen LogP contribution in [0.4, 0.5) is 0 Å². The number of nitrogens with one attached hydrogen (secondary N) is 1. The minimum atomic E-state index is 0.0632. The van der Waals surface area contributed by atoms with Crippen molar-refractivity contribution in [3.05, 3.63) is 64.9 Å². The van der Waals surface area contributed by atoms with Crippen molar-refractivity contribution in [3.63, 3.8) is 0 Å². The Balaban J connectivity index is 1.57. The summed E-state index contributed by atoms with van der Waals surface area (Å²) in [5.74, 6) is 0.0632. The number of aryl methyl sites for hydroxylation is 2. The first kappa shape index (κ1) is 21.5. The van der Waals surface area contributed by atoms with Gasteiger partial charge in [-0.1, -0.05) is 18.9 Å². The van der Waals surface area contributed by atoms with Gasteiger partial charge in [-0.3, -0.25) is 9.78 Å². The number of amides is 1. The van der Waals surface area contributed by atoms with Gasteiger partial charge in [-0.05, 0) is 62.9 Å². The molecule has 4 heterocycles. The number of carbonyl (C=O) groups excluding carboxylic acids is 1. The van der Waals surface area contributed by atoms with Gasteiger partial charge in [-0.25, -0.2) is 4.98 Å². The van der Waals surface area contributed by atoms with Crippen LogP contribution >= 0.6 is 0 Å². The predicted octanol–water partition coefficient (Wildman–Crippen LogP) is 4.08. The van der Waals surface area contributed by atoms with Crippen LogP contribution in [0.5, 0.6) is 0 Å². The maximum absolute atomic E-state index is 13.4.